The Morgan fingerprint density at radius 2 is 2.27 bits per heavy atom. The smallest absolute Gasteiger partial charge is 0.247 e. The van der Waals surface area contributed by atoms with Crippen LogP contribution < -0.4 is 5.32 Å². The van der Waals surface area contributed by atoms with Gasteiger partial charge in [0, 0.05) is 22.6 Å². The summed E-state index contributed by atoms with van der Waals surface area (Å²) in [6, 6.07) is 0.0969. The Balaban J connectivity index is 2.75. The average molecular weight is 226 g/mol. The first kappa shape index (κ1) is 11.8. The second-order valence-corrected chi connectivity index (χ2v) is 4.05. The van der Waals surface area contributed by atoms with Crippen molar-refractivity contribution in [1.82, 2.24) is 5.32 Å². The van der Waals surface area contributed by atoms with Crippen LogP contribution in [0.5, 0.6) is 0 Å². The number of amides is 1. The lowest BCUT2D eigenvalue weighted by molar-refractivity contribution is -0.301. The molecule has 0 saturated heterocycles. The van der Waals surface area contributed by atoms with Crippen molar-refractivity contribution in [3.63, 3.8) is 0 Å². The molecule has 82 valence electrons. The van der Waals surface area contributed by atoms with Crippen LogP contribution in [0.2, 0.25) is 0 Å². The molecule has 0 bridgehead atoms. The maximum absolute atomic E-state index is 11.6. The van der Waals surface area contributed by atoms with Crippen LogP contribution in [0.25, 0.3) is 0 Å². The second kappa shape index (κ2) is 5.02. The molecule has 0 radical (unpaired) electrons. The van der Waals surface area contributed by atoms with E-state index in [2.05, 4.69) is 18.1 Å². The predicted octanol–water partition coefficient (Wildman–Crippen LogP) is 1.36. The molecule has 1 rings (SSSR count). The summed E-state index contributed by atoms with van der Waals surface area (Å²) in [6.07, 6.45) is 4.64. The van der Waals surface area contributed by atoms with Crippen LogP contribution in [0.1, 0.15) is 26.7 Å². The lowest BCUT2D eigenvalue weighted by Gasteiger charge is -2.13. The Hall–Kier alpha value is -1.23. The van der Waals surface area contributed by atoms with Gasteiger partial charge in [0.25, 0.3) is 0 Å². The van der Waals surface area contributed by atoms with Crippen molar-refractivity contribution in [2.75, 3.05) is 0 Å². The van der Waals surface area contributed by atoms with Crippen LogP contribution in [-0.2, 0) is 17.6 Å². The summed E-state index contributed by atoms with van der Waals surface area (Å²) >= 11 is 4.46. The predicted molar refractivity (Wildman–Crippen MR) is 59.7 cm³/mol. The summed E-state index contributed by atoms with van der Waals surface area (Å²) in [7, 11) is 0. The lowest BCUT2D eigenvalue weighted by Crippen LogP contribution is -2.31. The molecule has 4 nitrogen and oxygen atoms in total. The largest absolute Gasteiger partial charge is 0.364 e. The van der Waals surface area contributed by atoms with Gasteiger partial charge >= 0.3 is 0 Å². The third-order valence-electron chi connectivity index (χ3n) is 2.01. The Labute approximate surface area is 94.5 Å². The minimum absolute atomic E-state index is 0.0969. The average Bonchev–Trinajstić information content (AvgIpc) is 2.17. The van der Waals surface area contributed by atoms with Crippen molar-refractivity contribution in [2.45, 2.75) is 32.7 Å². The highest BCUT2D eigenvalue weighted by atomic mass is 32.1. The number of nitroso groups, excluding NO2 is 1. The molecule has 1 amide bonds. The lowest BCUT2D eigenvalue weighted by atomic mass is 10.0. The van der Waals surface area contributed by atoms with Gasteiger partial charge in [0.2, 0.25) is 11.6 Å². The van der Waals surface area contributed by atoms with Crippen LogP contribution in [0.4, 0.5) is 0 Å². The van der Waals surface area contributed by atoms with Crippen molar-refractivity contribution in [3.8, 4) is 0 Å². The fraction of sp³-hybridized carbons (Fsp3) is 0.500. The minimum Gasteiger partial charge on any atom is -0.364 e. The number of hydrogen-bond donors (Lipinski definition) is 1. The first-order valence-corrected chi connectivity index (χ1v) is 5.23. The van der Waals surface area contributed by atoms with E-state index in [1.807, 2.05) is 13.8 Å². The van der Waals surface area contributed by atoms with Crippen molar-refractivity contribution in [2.24, 2.45) is 0 Å². The number of carbonyl (C=O) groups is 1. The van der Waals surface area contributed by atoms with E-state index in [-0.39, 0.29) is 11.9 Å². The van der Waals surface area contributed by atoms with Gasteiger partial charge in [0.1, 0.15) is 0 Å². The summed E-state index contributed by atoms with van der Waals surface area (Å²) in [6.45, 7) is 3.79. The molecular formula is C10H14N2O2S. The van der Waals surface area contributed by atoms with Crippen LogP contribution >= 0.6 is 0 Å². The zero-order valence-electron chi connectivity index (χ0n) is 8.82. The summed E-state index contributed by atoms with van der Waals surface area (Å²) in [5.41, 5.74) is 0.997. The van der Waals surface area contributed by atoms with Crippen LogP contribution in [0, 0.1) is 4.91 Å². The number of allylic oxidation sites excluding steroid dienone is 2. The molecule has 0 spiro atoms. The maximum atomic E-state index is 11.6. The van der Waals surface area contributed by atoms with E-state index in [0.717, 1.165) is 0 Å². The molecule has 1 N–H and O–H groups in total. The van der Waals surface area contributed by atoms with E-state index >= 15 is 0 Å². The molecule has 0 fully saturated rings. The van der Waals surface area contributed by atoms with Crippen molar-refractivity contribution >= 4 is 18.7 Å². The van der Waals surface area contributed by atoms with Crippen LogP contribution in [-0.4, -0.2) is 16.1 Å². The Morgan fingerprint density at radius 3 is 2.80 bits per heavy atom. The third-order valence-corrected chi connectivity index (χ3v) is 2.22. The standard InChI is InChI=1S/C10H14N2O2S/c1-7(2)11-10(13)8-4-3-5-9(6-8)12(14)15/h5-7H,3-4H2,1-2H3,(H,11,13). The van der Waals surface area contributed by atoms with E-state index in [4.69, 9.17) is 0 Å². The first-order chi connectivity index (χ1) is 7.00. The van der Waals surface area contributed by atoms with E-state index in [0.29, 0.717) is 28.3 Å². The number of hydrogen-bond acceptors (Lipinski definition) is 3. The van der Waals surface area contributed by atoms with Gasteiger partial charge in [-0.15, -0.1) is 0 Å². The Bertz CT molecular complexity index is 345. The fourth-order valence-electron chi connectivity index (χ4n) is 1.35. The highest BCUT2D eigenvalue weighted by Gasteiger charge is 2.17. The second-order valence-electron chi connectivity index (χ2n) is 3.72. The van der Waals surface area contributed by atoms with E-state index in [1.165, 1.54) is 0 Å². The van der Waals surface area contributed by atoms with Gasteiger partial charge in [-0.2, -0.15) is 0 Å². The van der Waals surface area contributed by atoms with Gasteiger partial charge in [-0.05, 0) is 32.8 Å². The SMILES string of the molecule is CC(C)NC(=O)C1=CC([N+](=O)[S-])=CCC1. The molecule has 1 aliphatic rings. The third kappa shape index (κ3) is 3.43. The molecule has 0 atom stereocenters. The monoisotopic (exact) mass is 226 g/mol. The van der Waals surface area contributed by atoms with Gasteiger partial charge in [-0.3, -0.25) is 4.79 Å². The summed E-state index contributed by atoms with van der Waals surface area (Å²) in [5.74, 6) is -0.118. The van der Waals surface area contributed by atoms with Gasteiger partial charge < -0.3 is 18.1 Å². The molecule has 0 aliphatic heterocycles. The van der Waals surface area contributed by atoms with E-state index < -0.39 is 0 Å². The molecule has 0 aromatic carbocycles. The quantitative estimate of drug-likeness (QED) is 0.584. The number of carbonyl (C=O) groups excluding carboxylic acids is 1. The van der Waals surface area contributed by atoms with Crippen molar-refractivity contribution < 1.29 is 8.96 Å². The topological polar surface area (TPSA) is 49.2 Å². The van der Waals surface area contributed by atoms with Crippen molar-refractivity contribution in [1.29, 1.82) is 0 Å². The number of rotatable bonds is 3. The maximum Gasteiger partial charge on any atom is 0.247 e. The molecule has 0 aromatic rings. The molecule has 0 saturated carbocycles. The van der Waals surface area contributed by atoms with Crippen molar-refractivity contribution in [3.05, 3.63) is 28.3 Å². The molecular weight excluding hydrogens is 212 g/mol. The highest BCUT2D eigenvalue weighted by Crippen LogP contribution is 2.17. The molecule has 15 heavy (non-hydrogen) atoms. The summed E-state index contributed by atoms with van der Waals surface area (Å²) < 4.78 is 0.363. The summed E-state index contributed by atoms with van der Waals surface area (Å²) in [5, 5.41) is 2.78. The van der Waals surface area contributed by atoms with Gasteiger partial charge in [-0.25, -0.2) is 0 Å². The first-order valence-electron chi connectivity index (χ1n) is 4.86. The van der Waals surface area contributed by atoms with Gasteiger partial charge in [0.05, 0.1) is 0 Å². The number of nitrogens with one attached hydrogen (secondary N) is 1. The Morgan fingerprint density at radius 1 is 1.60 bits per heavy atom. The van der Waals surface area contributed by atoms with E-state index in [1.54, 1.807) is 12.2 Å². The van der Waals surface area contributed by atoms with Crippen LogP contribution in [0.15, 0.2) is 23.4 Å². The highest BCUT2D eigenvalue weighted by molar-refractivity contribution is 7.51. The molecule has 5 heteroatoms. The zero-order valence-corrected chi connectivity index (χ0v) is 9.63. The Kier molecular flexibility index (Phi) is 3.96. The van der Waals surface area contributed by atoms with Gasteiger partial charge in [-0.1, -0.05) is 4.17 Å². The zero-order chi connectivity index (χ0) is 11.4. The molecule has 0 heterocycles. The molecule has 0 unspecified atom stereocenters. The molecule has 1 aliphatic carbocycles. The summed E-state index contributed by atoms with van der Waals surface area (Å²) in [4.78, 5) is 22.5. The fourth-order valence-corrected chi connectivity index (χ4v) is 1.47. The normalized spacial score (nSPS) is 15.7. The minimum atomic E-state index is -0.118. The van der Waals surface area contributed by atoms with E-state index in [9.17, 15) is 9.70 Å². The van der Waals surface area contributed by atoms with Gasteiger partial charge in [0.15, 0.2) is 0 Å². The number of nitrogens with zero attached hydrogens (tertiary/aromatic N) is 1. The molecule has 0 aromatic heterocycles. The van der Waals surface area contributed by atoms with Crippen LogP contribution in [0.3, 0.4) is 0 Å².